The molecule has 2 unspecified atom stereocenters. The highest BCUT2D eigenvalue weighted by molar-refractivity contribution is 5.41. The van der Waals surface area contributed by atoms with Gasteiger partial charge in [0, 0.05) is 12.7 Å². The number of anilines is 1. The lowest BCUT2D eigenvalue weighted by Crippen LogP contribution is -2.31. The predicted octanol–water partition coefficient (Wildman–Crippen LogP) is 1.97. The van der Waals surface area contributed by atoms with Crippen LogP contribution >= 0.6 is 0 Å². The van der Waals surface area contributed by atoms with Gasteiger partial charge in [-0.15, -0.1) is 0 Å². The number of nitro groups is 1. The van der Waals surface area contributed by atoms with Gasteiger partial charge in [0.15, 0.2) is 0 Å². The molecule has 18 heavy (non-hydrogen) atoms. The molecule has 1 aromatic heterocycles. The monoisotopic (exact) mass is 249 g/mol. The molecule has 3 rings (SSSR count). The van der Waals surface area contributed by atoms with Gasteiger partial charge in [-0.3, -0.25) is 10.1 Å². The van der Waals surface area contributed by atoms with Gasteiger partial charge in [0.05, 0.1) is 17.1 Å². The van der Waals surface area contributed by atoms with Gasteiger partial charge in [-0.2, -0.15) is 0 Å². The van der Waals surface area contributed by atoms with E-state index in [2.05, 4.69) is 10.3 Å². The van der Waals surface area contributed by atoms with E-state index < -0.39 is 4.92 Å². The molecule has 1 aliphatic carbocycles. The average Bonchev–Trinajstić information content (AvgIpc) is 3.11. The van der Waals surface area contributed by atoms with Crippen molar-refractivity contribution in [2.24, 2.45) is 5.92 Å². The first-order valence-corrected chi connectivity index (χ1v) is 6.22. The van der Waals surface area contributed by atoms with Crippen LogP contribution in [0.5, 0.6) is 0 Å². The topological polar surface area (TPSA) is 77.3 Å². The van der Waals surface area contributed by atoms with Crippen LogP contribution in [-0.4, -0.2) is 28.7 Å². The van der Waals surface area contributed by atoms with E-state index in [1.54, 1.807) is 6.07 Å². The smallest absolute Gasteiger partial charge is 0.287 e. The fraction of sp³-hybridized carbons (Fsp3) is 0.583. The molecule has 1 aromatic rings. The van der Waals surface area contributed by atoms with Crippen molar-refractivity contribution in [3.05, 3.63) is 28.4 Å². The zero-order chi connectivity index (χ0) is 12.5. The second-order valence-electron chi connectivity index (χ2n) is 4.87. The van der Waals surface area contributed by atoms with Crippen LogP contribution in [0.25, 0.3) is 0 Å². The summed E-state index contributed by atoms with van der Waals surface area (Å²) in [6.45, 7) is 0.784. The molecule has 0 bridgehead atoms. The number of nitrogens with one attached hydrogen (secondary N) is 1. The Morgan fingerprint density at radius 2 is 2.22 bits per heavy atom. The first-order valence-electron chi connectivity index (χ1n) is 6.22. The van der Waals surface area contributed by atoms with Crippen LogP contribution in [0.4, 0.5) is 11.5 Å². The average molecular weight is 249 g/mol. The number of hydrogen-bond acceptors (Lipinski definition) is 5. The molecule has 0 amide bonds. The van der Waals surface area contributed by atoms with Crippen molar-refractivity contribution in [3.63, 3.8) is 0 Å². The predicted molar refractivity (Wildman–Crippen MR) is 65.4 cm³/mol. The van der Waals surface area contributed by atoms with E-state index in [1.165, 1.54) is 25.1 Å². The van der Waals surface area contributed by atoms with Crippen LogP contribution in [-0.2, 0) is 4.74 Å². The van der Waals surface area contributed by atoms with E-state index >= 15 is 0 Å². The highest BCUT2D eigenvalue weighted by Gasteiger charge is 2.40. The maximum Gasteiger partial charge on any atom is 0.287 e. The summed E-state index contributed by atoms with van der Waals surface area (Å²) in [7, 11) is 0. The largest absolute Gasteiger partial charge is 0.376 e. The lowest BCUT2D eigenvalue weighted by molar-refractivity contribution is -0.385. The molecule has 2 atom stereocenters. The fourth-order valence-electron chi connectivity index (χ4n) is 2.42. The summed E-state index contributed by atoms with van der Waals surface area (Å²) in [4.78, 5) is 14.2. The molecular weight excluding hydrogens is 234 g/mol. The van der Waals surface area contributed by atoms with Gasteiger partial charge in [0.2, 0.25) is 0 Å². The molecule has 1 saturated heterocycles. The van der Waals surface area contributed by atoms with Crippen LogP contribution < -0.4 is 5.32 Å². The number of nitrogens with zero attached hydrogens (tertiary/aromatic N) is 2. The minimum absolute atomic E-state index is 0.0157. The second-order valence-corrected chi connectivity index (χ2v) is 4.87. The number of pyridine rings is 1. The van der Waals surface area contributed by atoms with Gasteiger partial charge in [-0.25, -0.2) is 4.98 Å². The van der Waals surface area contributed by atoms with Crippen LogP contribution in [0.3, 0.4) is 0 Å². The van der Waals surface area contributed by atoms with E-state index in [1.807, 2.05) is 0 Å². The summed E-state index contributed by atoms with van der Waals surface area (Å²) in [5.41, 5.74) is 0.0157. The molecule has 6 heteroatoms. The second kappa shape index (κ2) is 4.53. The Morgan fingerprint density at radius 1 is 1.39 bits per heavy atom. The minimum Gasteiger partial charge on any atom is -0.376 e. The third-order valence-electron chi connectivity index (χ3n) is 3.51. The minimum atomic E-state index is -0.442. The summed E-state index contributed by atoms with van der Waals surface area (Å²) in [5, 5.41) is 13.9. The highest BCUT2D eigenvalue weighted by Crippen LogP contribution is 2.39. The van der Waals surface area contributed by atoms with Crippen molar-refractivity contribution < 1.29 is 9.66 Å². The molecule has 2 heterocycles. The molecule has 2 aliphatic rings. The Hall–Kier alpha value is -1.69. The van der Waals surface area contributed by atoms with Gasteiger partial charge < -0.3 is 10.1 Å². The number of hydrogen-bond donors (Lipinski definition) is 1. The van der Waals surface area contributed by atoms with Crippen LogP contribution in [0.15, 0.2) is 18.3 Å². The van der Waals surface area contributed by atoms with Crippen LogP contribution in [0, 0.1) is 16.0 Å². The van der Waals surface area contributed by atoms with Crippen molar-refractivity contribution in [2.75, 3.05) is 11.9 Å². The van der Waals surface area contributed by atoms with Gasteiger partial charge in [0.1, 0.15) is 12.0 Å². The molecule has 1 N–H and O–H groups in total. The van der Waals surface area contributed by atoms with Crippen molar-refractivity contribution in [1.82, 2.24) is 4.98 Å². The lowest BCUT2D eigenvalue weighted by Gasteiger charge is -2.19. The number of ether oxygens (including phenoxy) is 1. The maximum atomic E-state index is 10.5. The summed E-state index contributed by atoms with van der Waals surface area (Å²) in [6, 6.07) is 3.41. The molecule has 1 saturated carbocycles. The van der Waals surface area contributed by atoms with E-state index in [0.29, 0.717) is 11.7 Å². The normalized spacial score (nSPS) is 27.1. The summed E-state index contributed by atoms with van der Waals surface area (Å²) >= 11 is 0. The third kappa shape index (κ3) is 2.28. The SMILES string of the molecule is O=[N+]([O-])c1ccc(NC2CCOC2C2CC2)nc1. The molecule has 96 valence electrons. The summed E-state index contributed by atoms with van der Waals surface area (Å²) in [6.07, 6.45) is 5.03. The van der Waals surface area contributed by atoms with E-state index in [0.717, 1.165) is 13.0 Å². The van der Waals surface area contributed by atoms with Gasteiger partial charge in [-0.1, -0.05) is 0 Å². The zero-order valence-corrected chi connectivity index (χ0v) is 9.91. The van der Waals surface area contributed by atoms with Crippen molar-refractivity contribution in [1.29, 1.82) is 0 Å². The summed E-state index contributed by atoms with van der Waals surface area (Å²) < 4.78 is 5.73. The molecular formula is C12H15N3O3. The van der Waals surface area contributed by atoms with Gasteiger partial charge in [0.25, 0.3) is 5.69 Å². The standard InChI is InChI=1S/C12H15N3O3/c16-15(17)9-3-4-11(13-7-9)14-10-5-6-18-12(10)8-1-2-8/h3-4,7-8,10,12H,1-2,5-6H2,(H,13,14). The Morgan fingerprint density at radius 3 is 2.83 bits per heavy atom. The Bertz CT molecular complexity index is 444. The summed E-state index contributed by atoms with van der Waals surface area (Å²) in [5.74, 6) is 1.37. The molecule has 2 fully saturated rings. The molecule has 0 radical (unpaired) electrons. The van der Waals surface area contributed by atoms with E-state index in [9.17, 15) is 10.1 Å². The van der Waals surface area contributed by atoms with Gasteiger partial charge in [-0.05, 0) is 31.2 Å². The quantitative estimate of drug-likeness (QED) is 0.652. The van der Waals surface area contributed by atoms with Crippen molar-refractivity contribution in [2.45, 2.75) is 31.4 Å². The highest BCUT2D eigenvalue weighted by atomic mass is 16.6. The zero-order valence-electron chi connectivity index (χ0n) is 9.91. The maximum absolute atomic E-state index is 10.5. The Kier molecular flexibility index (Phi) is 2.87. The van der Waals surface area contributed by atoms with Crippen molar-refractivity contribution >= 4 is 11.5 Å². The van der Waals surface area contributed by atoms with E-state index in [4.69, 9.17) is 4.74 Å². The lowest BCUT2D eigenvalue weighted by atomic mass is 10.1. The Balaban J connectivity index is 1.66. The van der Waals surface area contributed by atoms with E-state index in [-0.39, 0.29) is 17.8 Å². The van der Waals surface area contributed by atoms with Gasteiger partial charge >= 0.3 is 0 Å². The van der Waals surface area contributed by atoms with Crippen molar-refractivity contribution in [3.8, 4) is 0 Å². The molecule has 6 nitrogen and oxygen atoms in total. The third-order valence-corrected chi connectivity index (χ3v) is 3.51. The first-order chi connectivity index (χ1) is 8.74. The number of aromatic nitrogens is 1. The molecule has 1 aliphatic heterocycles. The first kappa shape index (κ1) is 11.4. The Labute approximate surface area is 105 Å². The molecule has 0 aromatic carbocycles. The van der Waals surface area contributed by atoms with Crippen LogP contribution in [0.2, 0.25) is 0 Å². The fourth-order valence-corrected chi connectivity index (χ4v) is 2.42. The molecule has 0 spiro atoms. The van der Waals surface area contributed by atoms with Crippen LogP contribution in [0.1, 0.15) is 19.3 Å². The number of rotatable bonds is 4.